The van der Waals surface area contributed by atoms with E-state index in [4.69, 9.17) is 11.6 Å². The summed E-state index contributed by atoms with van der Waals surface area (Å²) in [6.45, 7) is 1.93. The number of hydrogen-bond acceptors (Lipinski definition) is 2. The fourth-order valence-corrected chi connectivity index (χ4v) is 2.71. The van der Waals surface area contributed by atoms with E-state index in [-0.39, 0.29) is 11.9 Å². The number of benzene rings is 1. The maximum Gasteiger partial charge on any atom is 0.257 e. The van der Waals surface area contributed by atoms with E-state index in [0.29, 0.717) is 10.6 Å². The first kappa shape index (κ1) is 15.4. The Morgan fingerprint density at radius 2 is 2.00 bits per heavy atom. The number of carbonyl (C=O) groups excluding carboxylic acids is 1. The zero-order chi connectivity index (χ0) is 16.4. The number of halogens is 1. The summed E-state index contributed by atoms with van der Waals surface area (Å²) in [4.78, 5) is 12.6. The molecule has 0 bridgehead atoms. The van der Waals surface area contributed by atoms with E-state index in [1.165, 1.54) is 0 Å². The summed E-state index contributed by atoms with van der Waals surface area (Å²) in [6.07, 6.45) is 5.34. The Labute approximate surface area is 139 Å². The molecule has 0 spiro atoms. The van der Waals surface area contributed by atoms with Crippen LogP contribution in [0.2, 0.25) is 5.02 Å². The van der Waals surface area contributed by atoms with Crippen LogP contribution in [0.5, 0.6) is 0 Å². The van der Waals surface area contributed by atoms with Crippen LogP contribution in [0.3, 0.4) is 0 Å². The van der Waals surface area contributed by atoms with E-state index in [0.717, 1.165) is 11.4 Å². The summed E-state index contributed by atoms with van der Waals surface area (Å²) in [6, 6.07) is 11.1. The van der Waals surface area contributed by atoms with Gasteiger partial charge in [-0.05, 0) is 36.8 Å². The van der Waals surface area contributed by atoms with E-state index >= 15 is 0 Å². The molecule has 2 heterocycles. The highest BCUT2D eigenvalue weighted by molar-refractivity contribution is 6.30. The SMILES string of the molecule is CC(NC(=O)c1cnn(C)c1-n1cccc1)c1cccc(Cl)c1. The quantitative estimate of drug-likeness (QED) is 0.798. The van der Waals surface area contributed by atoms with Crippen molar-refractivity contribution in [2.24, 2.45) is 7.05 Å². The Morgan fingerprint density at radius 1 is 1.26 bits per heavy atom. The Kier molecular flexibility index (Phi) is 4.21. The molecular formula is C17H17ClN4O. The summed E-state index contributed by atoms with van der Waals surface area (Å²) in [5.74, 6) is 0.556. The molecule has 0 fully saturated rings. The van der Waals surface area contributed by atoms with E-state index in [2.05, 4.69) is 10.4 Å². The van der Waals surface area contributed by atoms with Crippen molar-refractivity contribution in [2.45, 2.75) is 13.0 Å². The number of amides is 1. The van der Waals surface area contributed by atoms with Gasteiger partial charge in [-0.15, -0.1) is 0 Å². The standard InChI is InChI=1S/C17H17ClN4O/c1-12(13-6-5-7-14(18)10-13)20-16(23)15-11-19-21(2)17(15)22-8-3-4-9-22/h3-12H,1-2H3,(H,20,23). The molecule has 5 nitrogen and oxygen atoms in total. The van der Waals surface area contributed by atoms with Crippen LogP contribution in [0.25, 0.3) is 5.82 Å². The molecule has 23 heavy (non-hydrogen) atoms. The van der Waals surface area contributed by atoms with E-state index in [9.17, 15) is 4.79 Å². The lowest BCUT2D eigenvalue weighted by Gasteiger charge is -2.15. The van der Waals surface area contributed by atoms with Crippen molar-refractivity contribution < 1.29 is 4.79 Å². The van der Waals surface area contributed by atoms with Gasteiger partial charge in [0.25, 0.3) is 5.91 Å². The highest BCUT2D eigenvalue weighted by Crippen LogP contribution is 2.19. The predicted octanol–water partition coefficient (Wildman–Crippen LogP) is 3.36. The third kappa shape index (κ3) is 3.14. The molecule has 0 aliphatic heterocycles. The Hall–Kier alpha value is -2.53. The highest BCUT2D eigenvalue weighted by atomic mass is 35.5. The van der Waals surface area contributed by atoms with Crippen LogP contribution >= 0.6 is 11.6 Å². The lowest BCUT2D eigenvalue weighted by atomic mass is 10.1. The van der Waals surface area contributed by atoms with Crippen LogP contribution in [0.4, 0.5) is 0 Å². The van der Waals surface area contributed by atoms with E-state index in [1.54, 1.807) is 10.9 Å². The van der Waals surface area contributed by atoms with Gasteiger partial charge < -0.3 is 9.88 Å². The first-order valence-corrected chi connectivity index (χ1v) is 7.65. The molecule has 2 aromatic heterocycles. The number of rotatable bonds is 4. The van der Waals surface area contributed by atoms with Gasteiger partial charge in [-0.2, -0.15) is 5.10 Å². The highest BCUT2D eigenvalue weighted by Gasteiger charge is 2.19. The number of hydrogen-bond donors (Lipinski definition) is 1. The molecule has 0 saturated carbocycles. The molecule has 1 unspecified atom stereocenters. The molecule has 3 aromatic rings. The molecule has 118 valence electrons. The Morgan fingerprint density at radius 3 is 2.70 bits per heavy atom. The topological polar surface area (TPSA) is 51.9 Å². The molecule has 0 aliphatic carbocycles. The smallest absolute Gasteiger partial charge is 0.257 e. The second kappa shape index (κ2) is 6.30. The van der Waals surface area contributed by atoms with Gasteiger partial charge in [-0.3, -0.25) is 9.48 Å². The fraction of sp³-hybridized carbons (Fsp3) is 0.176. The summed E-state index contributed by atoms with van der Waals surface area (Å²) < 4.78 is 3.55. The van der Waals surface area contributed by atoms with Gasteiger partial charge in [0, 0.05) is 24.5 Å². The van der Waals surface area contributed by atoms with Gasteiger partial charge in [0.15, 0.2) is 0 Å². The first-order chi connectivity index (χ1) is 11.1. The lowest BCUT2D eigenvalue weighted by Crippen LogP contribution is -2.27. The zero-order valence-corrected chi connectivity index (χ0v) is 13.7. The first-order valence-electron chi connectivity index (χ1n) is 7.28. The summed E-state index contributed by atoms with van der Waals surface area (Å²) in [5, 5.41) is 7.84. The Balaban J connectivity index is 1.85. The second-order valence-electron chi connectivity index (χ2n) is 5.35. The van der Waals surface area contributed by atoms with E-state index in [1.807, 2.05) is 67.3 Å². The van der Waals surface area contributed by atoms with Gasteiger partial charge in [-0.25, -0.2) is 0 Å². The van der Waals surface area contributed by atoms with Crippen molar-refractivity contribution in [3.63, 3.8) is 0 Å². The summed E-state index contributed by atoms with van der Waals surface area (Å²) in [7, 11) is 1.81. The van der Waals surface area contributed by atoms with Crippen molar-refractivity contribution in [2.75, 3.05) is 0 Å². The minimum absolute atomic E-state index is 0.154. The van der Waals surface area contributed by atoms with Crippen LogP contribution in [0, 0.1) is 0 Å². The van der Waals surface area contributed by atoms with Gasteiger partial charge in [0.2, 0.25) is 0 Å². The molecule has 6 heteroatoms. The molecule has 1 atom stereocenters. The number of carbonyl (C=O) groups is 1. The molecule has 3 rings (SSSR count). The van der Waals surface area contributed by atoms with Crippen molar-refractivity contribution in [3.05, 3.63) is 71.1 Å². The minimum Gasteiger partial charge on any atom is -0.345 e. The number of nitrogens with one attached hydrogen (secondary N) is 1. The number of nitrogens with zero attached hydrogens (tertiary/aromatic N) is 3. The van der Waals surface area contributed by atoms with Gasteiger partial charge in [0.05, 0.1) is 12.2 Å². The average Bonchev–Trinajstić information content (AvgIpc) is 3.16. The third-order valence-corrected chi connectivity index (χ3v) is 3.93. The monoisotopic (exact) mass is 328 g/mol. The average molecular weight is 329 g/mol. The summed E-state index contributed by atoms with van der Waals surface area (Å²) in [5.41, 5.74) is 1.48. The molecule has 0 radical (unpaired) electrons. The predicted molar refractivity (Wildman–Crippen MR) is 89.9 cm³/mol. The van der Waals surface area contributed by atoms with Gasteiger partial charge in [-0.1, -0.05) is 23.7 Å². The molecule has 1 aromatic carbocycles. The minimum atomic E-state index is -0.172. The fourth-order valence-electron chi connectivity index (χ4n) is 2.51. The largest absolute Gasteiger partial charge is 0.345 e. The number of aryl methyl sites for hydroxylation is 1. The molecule has 1 amide bonds. The van der Waals surface area contributed by atoms with Crippen molar-refractivity contribution in [1.82, 2.24) is 19.7 Å². The lowest BCUT2D eigenvalue weighted by molar-refractivity contribution is 0.0940. The Bertz CT molecular complexity index is 823. The zero-order valence-electron chi connectivity index (χ0n) is 12.9. The van der Waals surface area contributed by atoms with Crippen molar-refractivity contribution >= 4 is 17.5 Å². The van der Waals surface area contributed by atoms with Crippen LogP contribution in [-0.4, -0.2) is 20.3 Å². The molecule has 0 saturated heterocycles. The normalized spacial score (nSPS) is 12.1. The molecule has 1 N–H and O–H groups in total. The van der Waals surface area contributed by atoms with Crippen LogP contribution in [0.15, 0.2) is 55.0 Å². The van der Waals surface area contributed by atoms with Crippen LogP contribution in [0.1, 0.15) is 28.9 Å². The maximum absolute atomic E-state index is 12.6. The summed E-state index contributed by atoms with van der Waals surface area (Å²) >= 11 is 6.01. The second-order valence-corrected chi connectivity index (χ2v) is 5.78. The van der Waals surface area contributed by atoms with Crippen LogP contribution < -0.4 is 5.32 Å². The van der Waals surface area contributed by atoms with Crippen molar-refractivity contribution in [1.29, 1.82) is 0 Å². The third-order valence-electron chi connectivity index (χ3n) is 3.70. The number of aromatic nitrogens is 3. The van der Waals surface area contributed by atoms with E-state index < -0.39 is 0 Å². The van der Waals surface area contributed by atoms with Crippen LogP contribution in [-0.2, 0) is 7.05 Å². The van der Waals surface area contributed by atoms with Crippen molar-refractivity contribution in [3.8, 4) is 5.82 Å². The maximum atomic E-state index is 12.6. The molecular weight excluding hydrogens is 312 g/mol. The van der Waals surface area contributed by atoms with Gasteiger partial charge in [0.1, 0.15) is 11.4 Å². The van der Waals surface area contributed by atoms with Gasteiger partial charge >= 0.3 is 0 Å². The molecule has 0 aliphatic rings.